The maximum absolute atomic E-state index is 14.3. The molecule has 0 spiro atoms. The molecule has 346 valence electrons. The Morgan fingerprint density at radius 1 is 0.609 bits per heavy atom. The SMILES string of the molecule is CC(C)(C)OC(=O)CC[C@@H](C(=O)OC(C)(C)C)n1cc(-c2cc(C(=O)N3CCN(C(=O)OC(C)(C)C)CC3)cc(-c3cn([C@@H](Cc4ccc(O)cc4)C(=O)OC(C)(C)C)nn3)c2)nn1. The quantitative estimate of drug-likeness (QED) is 0.116. The van der Waals surface area contributed by atoms with Crippen molar-refractivity contribution in [1.82, 2.24) is 39.8 Å². The van der Waals surface area contributed by atoms with E-state index in [1.165, 1.54) is 21.5 Å². The smallest absolute Gasteiger partial charge is 0.410 e. The fraction of sp³-hybridized carbons (Fsp3) is 0.543. The molecule has 0 saturated carbocycles. The first-order valence-electron chi connectivity index (χ1n) is 21.4. The van der Waals surface area contributed by atoms with Gasteiger partial charge in [-0.25, -0.2) is 23.7 Å². The molecule has 18 nitrogen and oxygen atoms in total. The Morgan fingerprint density at radius 3 is 1.55 bits per heavy atom. The van der Waals surface area contributed by atoms with Gasteiger partial charge in [-0.2, -0.15) is 0 Å². The van der Waals surface area contributed by atoms with Gasteiger partial charge >= 0.3 is 24.0 Å². The third-order valence-corrected chi connectivity index (χ3v) is 9.41. The van der Waals surface area contributed by atoms with E-state index in [1.807, 2.05) is 0 Å². The van der Waals surface area contributed by atoms with Gasteiger partial charge in [0.1, 0.15) is 39.5 Å². The maximum Gasteiger partial charge on any atom is 0.410 e. The minimum Gasteiger partial charge on any atom is -0.508 e. The summed E-state index contributed by atoms with van der Waals surface area (Å²) in [4.78, 5) is 70.4. The van der Waals surface area contributed by atoms with E-state index < -0.39 is 58.5 Å². The Balaban J connectivity index is 1.53. The van der Waals surface area contributed by atoms with Crippen molar-refractivity contribution in [2.75, 3.05) is 26.2 Å². The summed E-state index contributed by atoms with van der Waals surface area (Å²) in [7, 11) is 0. The van der Waals surface area contributed by atoms with Crippen LogP contribution in [0.4, 0.5) is 4.79 Å². The topological polar surface area (TPSA) is 210 Å². The van der Waals surface area contributed by atoms with Crippen molar-refractivity contribution in [3.05, 3.63) is 66.0 Å². The molecule has 0 unspecified atom stereocenters. The summed E-state index contributed by atoms with van der Waals surface area (Å²) >= 11 is 0. The molecule has 0 radical (unpaired) electrons. The number of hydrogen-bond donors (Lipinski definition) is 1. The van der Waals surface area contributed by atoms with Crippen molar-refractivity contribution in [2.24, 2.45) is 0 Å². The molecule has 0 aliphatic carbocycles. The second kappa shape index (κ2) is 19.2. The zero-order valence-corrected chi connectivity index (χ0v) is 39.0. The predicted octanol–water partition coefficient (Wildman–Crippen LogP) is 6.73. The number of ether oxygens (including phenoxy) is 4. The van der Waals surface area contributed by atoms with E-state index in [-0.39, 0.29) is 62.7 Å². The van der Waals surface area contributed by atoms with Crippen molar-refractivity contribution in [3.8, 4) is 28.3 Å². The molecule has 1 aliphatic rings. The number of hydrogen-bond acceptors (Lipinski definition) is 14. The molecule has 2 amide bonds. The third kappa shape index (κ3) is 14.1. The molecule has 1 N–H and O–H groups in total. The molecule has 2 aromatic carbocycles. The Morgan fingerprint density at radius 2 is 1.06 bits per heavy atom. The average Bonchev–Trinajstić information content (AvgIpc) is 3.86. The molecule has 1 fully saturated rings. The summed E-state index contributed by atoms with van der Waals surface area (Å²) in [6, 6.07) is 9.54. The lowest BCUT2D eigenvalue weighted by Gasteiger charge is -2.35. The van der Waals surface area contributed by atoms with Crippen LogP contribution in [-0.4, -0.2) is 123 Å². The number of rotatable bonds is 12. The zero-order chi connectivity index (χ0) is 47.4. The lowest BCUT2D eigenvalue weighted by Crippen LogP contribution is -2.51. The Kier molecular flexibility index (Phi) is 14.6. The second-order valence-corrected chi connectivity index (χ2v) is 19.8. The van der Waals surface area contributed by atoms with E-state index in [4.69, 9.17) is 18.9 Å². The van der Waals surface area contributed by atoms with Crippen LogP contribution in [0.3, 0.4) is 0 Å². The van der Waals surface area contributed by atoms with Gasteiger partial charge in [-0.05, 0) is 125 Å². The number of piperazine rings is 1. The highest BCUT2D eigenvalue weighted by Crippen LogP contribution is 2.31. The summed E-state index contributed by atoms with van der Waals surface area (Å²) < 4.78 is 25.3. The minimum absolute atomic E-state index is 0.0116. The van der Waals surface area contributed by atoms with Crippen molar-refractivity contribution in [1.29, 1.82) is 0 Å². The number of aromatic nitrogens is 6. The monoisotopic (exact) mass is 886 g/mol. The number of nitrogens with zero attached hydrogens (tertiary/aromatic N) is 8. The molecule has 2 aromatic heterocycles. The largest absolute Gasteiger partial charge is 0.508 e. The Labute approximate surface area is 374 Å². The first-order chi connectivity index (χ1) is 29.6. The fourth-order valence-corrected chi connectivity index (χ4v) is 6.66. The maximum atomic E-state index is 14.3. The molecule has 5 rings (SSSR count). The van der Waals surface area contributed by atoms with E-state index in [0.717, 1.165) is 5.56 Å². The average molecular weight is 887 g/mol. The van der Waals surface area contributed by atoms with E-state index in [9.17, 15) is 29.1 Å². The summed E-state index contributed by atoms with van der Waals surface area (Å²) in [6.45, 7) is 22.2. The summed E-state index contributed by atoms with van der Waals surface area (Å²) in [6.07, 6.45) is 2.77. The number of benzene rings is 2. The summed E-state index contributed by atoms with van der Waals surface area (Å²) in [5.74, 6) is -1.90. The zero-order valence-electron chi connectivity index (χ0n) is 39.0. The van der Waals surface area contributed by atoms with Gasteiger partial charge < -0.3 is 33.9 Å². The molecule has 1 aliphatic heterocycles. The van der Waals surface area contributed by atoms with Gasteiger partial charge in [-0.15, -0.1) is 10.2 Å². The van der Waals surface area contributed by atoms with E-state index in [0.29, 0.717) is 22.5 Å². The van der Waals surface area contributed by atoms with E-state index in [1.54, 1.807) is 136 Å². The van der Waals surface area contributed by atoms with Gasteiger partial charge in [-0.1, -0.05) is 22.6 Å². The van der Waals surface area contributed by atoms with Gasteiger partial charge in [0.25, 0.3) is 5.91 Å². The molecule has 64 heavy (non-hydrogen) atoms. The number of phenolic OH excluding ortho intramolecular Hbond substituents is 1. The number of phenols is 1. The molecule has 2 atom stereocenters. The van der Waals surface area contributed by atoms with Crippen molar-refractivity contribution in [3.63, 3.8) is 0 Å². The number of aromatic hydroxyl groups is 1. The van der Waals surface area contributed by atoms with Gasteiger partial charge in [-0.3, -0.25) is 9.59 Å². The van der Waals surface area contributed by atoms with Crippen LogP contribution in [0.25, 0.3) is 22.5 Å². The van der Waals surface area contributed by atoms with Crippen LogP contribution in [0.5, 0.6) is 5.75 Å². The molecule has 0 bridgehead atoms. The van der Waals surface area contributed by atoms with Crippen LogP contribution in [0, 0.1) is 0 Å². The molecular formula is C46H62N8O10. The van der Waals surface area contributed by atoms with Gasteiger partial charge in [0.2, 0.25) is 0 Å². The Hall–Kier alpha value is -6.33. The highest BCUT2D eigenvalue weighted by Gasteiger charge is 2.33. The van der Waals surface area contributed by atoms with E-state index >= 15 is 0 Å². The van der Waals surface area contributed by atoms with Crippen LogP contribution < -0.4 is 0 Å². The summed E-state index contributed by atoms with van der Waals surface area (Å²) in [5.41, 5.74) is -0.513. The number of carbonyl (C=O) groups is 5. The molecule has 4 aromatic rings. The normalized spacial score (nSPS) is 14.7. The standard InChI is InChI=1S/C46H62N8O10/c1-43(2,3)61-38(56)18-17-36(40(58)62-44(4,5)6)53-27-34(47-49-53)30-24-31(26-32(25-30)39(57)51-19-21-52(22-20-51)42(60)64-46(10,11)12)35-28-54(50-48-35)37(41(59)63-45(7,8)9)23-29-13-15-33(55)16-14-29/h13-16,24-28,36-37,55H,17-23H2,1-12H3/t36-,37-/m0/s1. The predicted molar refractivity (Wildman–Crippen MR) is 235 cm³/mol. The first kappa shape index (κ1) is 48.7. The van der Waals surface area contributed by atoms with Crippen molar-refractivity contribution in [2.45, 2.75) is 137 Å². The first-order valence-corrected chi connectivity index (χ1v) is 21.4. The van der Waals surface area contributed by atoms with Crippen molar-refractivity contribution < 1.29 is 48.0 Å². The minimum atomic E-state index is -1.04. The third-order valence-electron chi connectivity index (χ3n) is 9.41. The Bertz CT molecular complexity index is 2300. The molecule has 1 saturated heterocycles. The highest BCUT2D eigenvalue weighted by atomic mass is 16.6. The fourth-order valence-electron chi connectivity index (χ4n) is 6.66. The van der Waals surface area contributed by atoms with Crippen LogP contribution in [0.2, 0.25) is 0 Å². The van der Waals surface area contributed by atoms with Gasteiger partial charge in [0, 0.05) is 55.7 Å². The summed E-state index contributed by atoms with van der Waals surface area (Å²) in [5, 5.41) is 27.4. The number of amides is 2. The number of esters is 3. The van der Waals surface area contributed by atoms with Crippen molar-refractivity contribution >= 4 is 29.9 Å². The highest BCUT2D eigenvalue weighted by molar-refractivity contribution is 5.97. The van der Waals surface area contributed by atoms with Crippen LogP contribution in [0.15, 0.2) is 54.9 Å². The molecule has 3 heterocycles. The number of carbonyl (C=O) groups excluding carboxylic acids is 5. The lowest BCUT2D eigenvalue weighted by molar-refractivity contribution is -0.161. The van der Waals surface area contributed by atoms with Gasteiger partial charge in [0.15, 0.2) is 12.1 Å². The molecule has 18 heteroatoms. The second-order valence-electron chi connectivity index (χ2n) is 19.8. The lowest BCUT2D eigenvalue weighted by atomic mass is 10.0. The van der Waals surface area contributed by atoms with Crippen LogP contribution >= 0.6 is 0 Å². The van der Waals surface area contributed by atoms with Crippen LogP contribution in [-0.2, 0) is 39.8 Å². The van der Waals surface area contributed by atoms with Gasteiger partial charge in [0.05, 0.1) is 12.4 Å². The molecular weight excluding hydrogens is 825 g/mol. The van der Waals surface area contributed by atoms with Crippen LogP contribution in [0.1, 0.15) is 124 Å². The van der Waals surface area contributed by atoms with E-state index in [2.05, 4.69) is 20.6 Å².